The van der Waals surface area contributed by atoms with E-state index in [-0.39, 0.29) is 0 Å². The summed E-state index contributed by atoms with van der Waals surface area (Å²) in [7, 11) is 1.64. The van der Waals surface area contributed by atoms with Gasteiger partial charge in [-0.3, -0.25) is 0 Å². The van der Waals surface area contributed by atoms with Gasteiger partial charge >= 0.3 is 0 Å². The summed E-state index contributed by atoms with van der Waals surface area (Å²) in [5.74, 6) is 1.64. The minimum absolute atomic E-state index is 0.628. The lowest BCUT2D eigenvalue weighted by Crippen LogP contribution is -2.00. The maximum atomic E-state index is 5.44. The molecule has 1 aromatic heterocycles. The molecule has 0 saturated heterocycles. The third-order valence-corrected chi connectivity index (χ3v) is 3.01. The summed E-state index contributed by atoms with van der Waals surface area (Å²) in [4.78, 5) is 0. The highest BCUT2D eigenvalue weighted by Crippen LogP contribution is 2.29. The van der Waals surface area contributed by atoms with Crippen molar-refractivity contribution in [1.82, 2.24) is 5.16 Å². The fraction of sp³-hybridized carbons (Fsp3) is 0.300. The second-order valence-electron chi connectivity index (χ2n) is 2.99. The standard InChI is InChI=1S/C10H12N2O2S/c1-13-7-2-3-9-8(6-7)10(12-14-9)15-5-4-11/h2-3,6H,4-5,11H2,1H3. The van der Waals surface area contributed by atoms with Crippen molar-refractivity contribution < 1.29 is 9.26 Å². The van der Waals surface area contributed by atoms with Gasteiger partial charge < -0.3 is 15.0 Å². The zero-order valence-corrected chi connectivity index (χ0v) is 9.21. The number of hydrogen-bond acceptors (Lipinski definition) is 5. The van der Waals surface area contributed by atoms with Crippen LogP contribution in [0.25, 0.3) is 11.0 Å². The number of nitrogens with zero attached hydrogens (tertiary/aromatic N) is 1. The Morgan fingerprint density at radius 2 is 2.40 bits per heavy atom. The van der Waals surface area contributed by atoms with Crippen LogP contribution < -0.4 is 10.5 Å². The number of methoxy groups -OCH3 is 1. The Balaban J connectivity index is 2.38. The topological polar surface area (TPSA) is 61.3 Å². The molecule has 2 N–H and O–H groups in total. The van der Waals surface area contributed by atoms with Crippen LogP contribution in [-0.2, 0) is 0 Å². The fourth-order valence-electron chi connectivity index (χ4n) is 1.28. The van der Waals surface area contributed by atoms with Gasteiger partial charge in [0.2, 0.25) is 0 Å². The number of ether oxygens (including phenoxy) is 1. The number of thioether (sulfide) groups is 1. The van der Waals surface area contributed by atoms with E-state index in [0.717, 1.165) is 27.5 Å². The maximum absolute atomic E-state index is 5.44. The minimum atomic E-state index is 0.628. The molecule has 1 heterocycles. The highest BCUT2D eigenvalue weighted by atomic mass is 32.2. The molecule has 0 aliphatic rings. The summed E-state index contributed by atoms with van der Waals surface area (Å²) in [6, 6.07) is 5.63. The average molecular weight is 224 g/mol. The van der Waals surface area contributed by atoms with E-state index in [4.69, 9.17) is 15.0 Å². The Kier molecular flexibility index (Phi) is 3.13. The van der Waals surface area contributed by atoms with Gasteiger partial charge in [-0.15, -0.1) is 11.8 Å². The van der Waals surface area contributed by atoms with E-state index in [1.165, 1.54) is 0 Å². The summed E-state index contributed by atoms with van der Waals surface area (Å²) in [5, 5.41) is 5.83. The summed E-state index contributed by atoms with van der Waals surface area (Å²) in [6.07, 6.45) is 0. The Hall–Kier alpha value is -1.20. The van der Waals surface area contributed by atoms with E-state index in [0.29, 0.717) is 6.54 Å². The van der Waals surface area contributed by atoms with Crippen LogP contribution in [0.15, 0.2) is 27.7 Å². The highest BCUT2D eigenvalue weighted by Gasteiger charge is 2.08. The third kappa shape index (κ3) is 2.08. The second-order valence-corrected chi connectivity index (χ2v) is 4.07. The van der Waals surface area contributed by atoms with E-state index >= 15 is 0 Å². The molecule has 0 unspecified atom stereocenters. The summed E-state index contributed by atoms with van der Waals surface area (Å²) >= 11 is 1.59. The van der Waals surface area contributed by atoms with Gasteiger partial charge in [-0.2, -0.15) is 0 Å². The fourth-order valence-corrected chi connectivity index (χ4v) is 2.00. The smallest absolute Gasteiger partial charge is 0.168 e. The Bertz CT molecular complexity index is 456. The summed E-state index contributed by atoms with van der Waals surface area (Å²) in [5.41, 5.74) is 6.21. The van der Waals surface area contributed by atoms with Crippen LogP contribution in [0, 0.1) is 0 Å². The SMILES string of the molecule is COc1ccc2onc(SCCN)c2c1. The molecule has 15 heavy (non-hydrogen) atoms. The van der Waals surface area contributed by atoms with Crippen LogP contribution in [0.3, 0.4) is 0 Å². The molecule has 0 atom stereocenters. The Morgan fingerprint density at radius 3 is 3.13 bits per heavy atom. The predicted octanol–water partition coefficient (Wildman–Crippen LogP) is 1.89. The zero-order chi connectivity index (χ0) is 10.7. The van der Waals surface area contributed by atoms with Gasteiger partial charge in [0.25, 0.3) is 0 Å². The third-order valence-electron chi connectivity index (χ3n) is 2.00. The maximum Gasteiger partial charge on any atom is 0.168 e. The predicted molar refractivity (Wildman–Crippen MR) is 60.3 cm³/mol. The normalized spacial score (nSPS) is 10.8. The number of fused-ring (bicyclic) bond motifs is 1. The van der Waals surface area contributed by atoms with Gasteiger partial charge in [0, 0.05) is 12.3 Å². The van der Waals surface area contributed by atoms with Crippen LogP contribution in [0.5, 0.6) is 5.75 Å². The number of benzene rings is 1. The van der Waals surface area contributed by atoms with Gasteiger partial charge in [-0.05, 0) is 18.2 Å². The molecule has 0 saturated carbocycles. The van der Waals surface area contributed by atoms with E-state index < -0.39 is 0 Å². The monoisotopic (exact) mass is 224 g/mol. The molecule has 2 rings (SSSR count). The van der Waals surface area contributed by atoms with Crippen molar-refractivity contribution in [2.45, 2.75) is 5.03 Å². The molecule has 1 aromatic carbocycles. The Labute approximate surface area is 91.7 Å². The number of nitrogens with two attached hydrogens (primary N) is 1. The van der Waals surface area contributed by atoms with E-state index in [9.17, 15) is 0 Å². The lowest BCUT2D eigenvalue weighted by Gasteiger charge is -1.98. The molecule has 0 aliphatic carbocycles. The molecule has 0 bridgehead atoms. The van der Waals surface area contributed by atoms with Gasteiger partial charge in [0.15, 0.2) is 5.58 Å². The van der Waals surface area contributed by atoms with Crippen molar-refractivity contribution in [1.29, 1.82) is 0 Å². The molecule has 0 spiro atoms. The number of aromatic nitrogens is 1. The van der Waals surface area contributed by atoms with Crippen molar-refractivity contribution >= 4 is 22.7 Å². The molecule has 0 aliphatic heterocycles. The first-order chi connectivity index (χ1) is 7.35. The zero-order valence-electron chi connectivity index (χ0n) is 8.40. The van der Waals surface area contributed by atoms with Crippen LogP contribution in [-0.4, -0.2) is 24.6 Å². The van der Waals surface area contributed by atoms with Crippen LogP contribution in [0.2, 0.25) is 0 Å². The first-order valence-corrected chi connectivity index (χ1v) is 5.60. The van der Waals surface area contributed by atoms with E-state index in [1.54, 1.807) is 18.9 Å². The summed E-state index contributed by atoms with van der Waals surface area (Å²) < 4.78 is 10.3. The Morgan fingerprint density at radius 1 is 1.53 bits per heavy atom. The molecule has 80 valence electrons. The average Bonchev–Trinajstić information content (AvgIpc) is 2.68. The van der Waals surface area contributed by atoms with Crippen molar-refractivity contribution in [3.8, 4) is 5.75 Å². The molecular weight excluding hydrogens is 212 g/mol. The summed E-state index contributed by atoms with van der Waals surface area (Å²) in [6.45, 7) is 0.628. The number of hydrogen-bond donors (Lipinski definition) is 1. The van der Waals surface area contributed by atoms with Gasteiger partial charge in [-0.25, -0.2) is 0 Å². The molecule has 0 radical (unpaired) electrons. The first kappa shape index (κ1) is 10.3. The molecule has 5 heteroatoms. The van der Waals surface area contributed by atoms with Crippen LogP contribution in [0.4, 0.5) is 0 Å². The molecular formula is C10H12N2O2S. The minimum Gasteiger partial charge on any atom is -0.497 e. The molecule has 2 aromatic rings. The van der Waals surface area contributed by atoms with Gasteiger partial charge in [0.1, 0.15) is 10.8 Å². The lowest BCUT2D eigenvalue weighted by atomic mass is 10.2. The highest BCUT2D eigenvalue weighted by molar-refractivity contribution is 7.99. The number of rotatable bonds is 4. The quantitative estimate of drug-likeness (QED) is 0.803. The van der Waals surface area contributed by atoms with Crippen LogP contribution >= 0.6 is 11.8 Å². The van der Waals surface area contributed by atoms with Gasteiger partial charge in [-0.1, -0.05) is 5.16 Å². The van der Waals surface area contributed by atoms with Crippen molar-refractivity contribution in [3.05, 3.63) is 18.2 Å². The van der Waals surface area contributed by atoms with Gasteiger partial charge in [0.05, 0.1) is 12.5 Å². The van der Waals surface area contributed by atoms with E-state index in [1.807, 2.05) is 18.2 Å². The van der Waals surface area contributed by atoms with Crippen molar-refractivity contribution in [2.75, 3.05) is 19.4 Å². The van der Waals surface area contributed by atoms with Crippen molar-refractivity contribution in [3.63, 3.8) is 0 Å². The second kappa shape index (κ2) is 4.55. The molecule has 0 fully saturated rings. The first-order valence-electron chi connectivity index (χ1n) is 4.61. The molecule has 4 nitrogen and oxygen atoms in total. The largest absolute Gasteiger partial charge is 0.497 e. The lowest BCUT2D eigenvalue weighted by molar-refractivity contribution is 0.414. The van der Waals surface area contributed by atoms with Crippen LogP contribution in [0.1, 0.15) is 0 Å². The van der Waals surface area contributed by atoms with Crippen molar-refractivity contribution in [2.24, 2.45) is 5.73 Å². The van der Waals surface area contributed by atoms with E-state index in [2.05, 4.69) is 5.16 Å². The molecule has 0 amide bonds.